The van der Waals surface area contributed by atoms with Crippen LogP contribution < -0.4 is 11.1 Å². The van der Waals surface area contributed by atoms with Crippen LogP contribution in [0.4, 0.5) is 0 Å². The largest absolute Gasteiger partial charge is 0.368 e. The molecule has 0 radical (unpaired) electrons. The molecule has 0 rings (SSSR count). The SMILES string of the molecule is CCC(C)N(CC)CCCCC(C)(NC(C)C)C(N)=O. The van der Waals surface area contributed by atoms with Crippen molar-refractivity contribution in [3.63, 3.8) is 0 Å². The lowest BCUT2D eigenvalue weighted by Gasteiger charge is -2.31. The molecule has 20 heavy (non-hydrogen) atoms. The number of amides is 1. The standard InChI is InChI=1S/C16H35N3O/c1-7-14(5)19(8-2)12-10-9-11-16(6,15(17)20)18-13(3)4/h13-14,18H,7-12H2,1-6H3,(H2,17,20). The number of hydrogen-bond acceptors (Lipinski definition) is 3. The van der Waals surface area contributed by atoms with E-state index in [4.69, 9.17) is 5.73 Å². The zero-order chi connectivity index (χ0) is 15.8. The molecule has 0 aromatic carbocycles. The van der Waals surface area contributed by atoms with Crippen molar-refractivity contribution in [2.45, 2.75) is 84.8 Å². The zero-order valence-electron chi connectivity index (χ0n) is 14.3. The van der Waals surface area contributed by atoms with Gasteiger partial charge in [-0.05, 0) is 66.5 Å². The minimum absolute atomic E-state index is 0.250. The lowest BCUT2D eigenvalue weighted by molar-refractivity contribution is -0.124. The van der Waals surface area contributed by atoms with Crippen molar-refractivity contribution in [3.05, 3.63) is 0 Å². The fraction of sp³-hybridized carbons (Fsp3) is 0.938. The van der Waals surface area contributed by atoms with Gasteiger partial charge in [0.05, 0.1) is 5.54 Å². The molecule has 2 unspecified atom stereocenters. The van der Waals surface area contributed by atoms with Gasteiger partial charge >= 0.3 is 0 Å². The highest BCUT2D eigenvalue weighted by molar-refractivity contribution is 5.84. The molecule has 0 aliphatic rings. The number of nitrogens with zero attached hydrogens (tertiary/aromatic N) is 1. The first kappa shape index (κ1) is 19.4. The van der Waals surface area contributed by atoms with Crippen molar-refractivity contribution < 1.29 is 4.79 Å². The second-order valence-electron chi connectivity index (χ2n) is 6.34. The summed E-state index contributed by atoms with van der Waals surface area (Å²) in [6.45, 7) is 14.9. The Hall–Kier alpha value is -0.610. The molecule has 0 spiro atoms. The van der Waals surface area contributed by atoms with Crippen LogP contribution in [-0.4, -0.2) is 41.5 Å². The van der Waals surface area contributed by atoms with Gasteiger partial charge in [-0.3, -0.25) is 4.79 Å². The topological polar surface area (TPSA) is 58.4 Å². The fourth-order valence-electron chi connectivity index (χ4n) is 2.65. The van der Waals surface area contributed by atoms with Crippen LogP contribution in [-0.2, 0) is 4.79 Å². The van der Waals surface area contributed by atoms with E-state index in [2.05, 4.69) is 31.0 Å². The Balaban J connectivity index is 4.22. The summed E-state index contributed by atoms with van der Waals surface area (Å²) in [5.74, 6) is -0.250. The van der Waals surface area contributed by atoms with Gasteiger partial charge in [0.2, 0.25) is 5.91 Å². The molecule has 3 N–H and O–H groups in total. The molecule has 0 saturated heterocycles. The number of primary amides is 1. The number of rotatable bonds is 11. The Labute approximate surface area is 125 Å². The summed E-state index contributed by atoms with van der Waals surface area (Å²) in [6.07, 6.45) is 4.12. The number of unbranched alkanes of at least 4 members (excludes halogenated alkanes) is 1. The van der Waals surface area contributed by atoms with Gasteiger partial charge in [-0.15, -0.1) is 0 Å². The van der Waals surface area contributed by atoms with E-state index < -0.39 is 5.54 Å². The Bertz CT molecular complexity index is 281. The van der Waals surface area contributed by atoms with E-state index in [0.29, 0.717) is 6.04 Å². The number of nitrogens with two attached hydrogens (primary N) is 1. The van der Waals surface area contributed by atoms with E-state index in [1.807, 2.05) is 20.8 Å². The third-order valence-electron chi connectivity index (χ3n) is 4.14. The normalized spacial score (nSPS) is 16.4. The van der Waals surface area contributed by atoms with Crippen LogP contribution in [0.3, 0.4) is 0 Å². The van der Waals surface area contributed by atoms with E-state index in [1.165, 1.54) is 6.42 Å². The van der Waals surface area contributed by atoms with Crippen molar-refractivity contribution in [1.82, 2.24) is 10.2 Å². The Morgan fingerprint density at radius 3 is 2.25 bits per heavy atom. The summed E-state index contributed by atoms with van der Waals surface area (Å²) in [5.41, 5.74) is 4.96. The van der Waals surface area contributed by atoms with Gasteiger partial charge < -0.3 is 16.0 Å². The summed E-state index contributed by atoms with van der Waals surface area (Å²) >= 11 is 0. The van der Waals surface area contributed by atoms with Crippen molar-refractivity contribution in [1.29, 1.82) is 0 Å². The Kier molecular flexibility index (Phi) is 9.06. The average molecular weight is 285 g/mol. The van der Waals surface area contributed by atoms with Crippen LogP contribution in [0, 0.1) is 0 Å². The highest BCUT2D eigenvalue weighted by atomic mass is 16.1. The van der Waals surface area contributed by atoms with E-state index >= 15 is 0 Å². The number of nitrogens with one attached hydrogen (secondary N) is 1. The van der Waals surface area contributed by atoms with Crippen LogP contribution >= 0.6 is 0 Å². The quantitative estimate of drug-likeness (QED) is 0.574. The van der Waals surface area contributed by atoms with Crippen molar-refractivity contribution in [2.75, 3.05) is 13.1 Å². The van der Waals surface area contributed by atoms with E-state index in [1.54, 1.807) is 0 Å². The molecule has 0 aromatic rings. The zero-order valence-corrected chi connectivity index (χ0v) is 14.3. The van der Waals surface area contributed by atoms with Crippen molar-refractivity contribution in [3.8, 4) is 0 Å². The minimum atomic E-state index is -0.582. The molecule has 0 bridgehead atoms. The molecular formula is C16H35N3O. The highest BCUT2D eigenvalue weighted by Gasteiger charge is 2.30. The second kappa shape index (κ2) is 9.35. The van der Waals surface area contributed by atoms with Crippen molar-refractivity contribution >= 4 is 5.91 Å². The van der Waals surface area contributed by atoms with Crippen LogP contribution in [0.15, 0.2) is 0 Å². The molecule has 1 amide bonds. The summed E-state index contributed by atoms with van der Waals surface area (Å²) in [5, 5.41) is 3.30. The first-order chi connectivity index (χ1) is 9.26. The molecular weight excluding hydrogens is 250 g/mol. The molecule has 120 valence electrons. The Morgan fingerprint density at radius 2 is 1.85 bits per heavy atom. The lowest BCUT2D eigenvalue weighted by Crippen LogP contribution is -2.55. The van der Waals surface area contributed by atoms with Gasteiger partial charge in [0.1, 0.15) is 0 Å². The Morgan fingerprint density at radius 1 is 1.25 bits per heavy atom. The summed E-state index contributed by atoms with van der Waals surface area (Å²) < 4.78 is 0. The van der Waals surface area contributed by atoms with Gasteiger partial charge in [-0.25, -0.2) is 0 Å². The van der Waals surface area contributed by atoms with Crippen LogP contribution in [0.1, 0.15) is 67.2 Å². The summed E-state index contributed by atoms with van der Waals surface area (Å²) in [6, 6.07) is 0.899. The molecule has 0 aliphatic heterocycles. The van der Waals surface area contributed by atoms with Gasteiger partial charge in [0.15, 0.2) is 0 Å². The molecule has 0 fully saturated rings. The van der Waals surface area contributed by atoms with E-state index in [9.17, 15) is 4.79 Å². The lowest BCUT2D eigenvalue weighted by atomic mass is 9.93. The van der Waals surface area contributed by atoms with Gasteiger partial charge in [0, 0.05) is 12.1 Å². The maximum atomic E-state index is 11.6. The first-order valence-electron chi connectivity index (χ1n) is 8.08. The maximum Gasteiger partial charge on any atom is 0.237 e. The van der Waals surface area contributed by atoms with Crippen LogP contribution in [0.5, 0.6) is 0 Å². The first-order valence-corrected chi connectivity index (χ1v) is 8.08. The molecule has 0 saturated carbocycles. The number of hydrogen-bond donors (Lipinski definition) is 2. The predicted octanol–water partition coefficient (Wildman–Crippen LogP) is 2.52. The monoisotopic (exact) mass is 285 g/mol. The maximum absolute atomic E-state index is 11.6. The van der Waals surface area contributed by atoms with Gasteiger partial charge in [-0.1, -0.05) is 13.8 Å². The third-order valence-corrected chi connectivity index (χ3v) is 4.14. The predicted molar refractivity (Wildman–Crippen MR) is 86.7 cm³/mol. The smallest absolute Gasteiger partial charge is 0.237 e. The molecule has 0 aromatic heterocycles. The van der Waals surface area contributed by atoms with Crippen molar-refractivity contribution in [2.24, 2.45) is 5.73 Å². The van der Waals surface area contributed by atoms with E-state index in [0.717, 1.165) is 32.4 Å². The fourth-order valence-corrected chi connectivity index (χ4v) is 2.65. The summed E-state index contributed by atoms with van der Waals surface area (Å²) in [7, 11) is 0. The highest BCUT2D eigenvalue weighted by Crippen LogP contribution is 2.15. The number of carbonyl (C=O) groups is 1. The van der Waals surface area contributed by atoms with Gasteiger partial charge in [0.25, 0.3) is 0 Å². The molecule has 2 atom stereocenters. The second-order valence-corrected chi connectivity index (χ2v) is 6.34. The van der Waals surface area contributed by atoms with Gasteiger partial charge in [-0.2, -0.15) is 0 Å². The molecule has 0 aliphatic carbocycles. The molecule has 0 heterocycles. The van der Waals surface area contributed by atoms with Crippen LogP contribution in [0.25, 0.3) is 0 Å². The van der Waals surface area contributed by atoms with Crippen LogP contribution in [0.2, 0.25) is 0 Å². The minimum Gasteiger partial charge on any atom is -0.368 e. The average Bonchev–Trinajstić information content (AvgIpc) is 2.37. The molecule has 4 nitrogen and oxygen atoms in total. The molecule has 4 heteroatoms. The number of carbonyl (C=O) groups excluding carboxylic acids is 1. The third kappa shape index (κ3) is 6.71. The summed E-state index contributed by atoms with van der Waals surface area (Å²) in [4.78, 5) is 14.1. The van der Waals surface area contributed by atoms with E-state index in [-0.39, 0.29) is 11.9 Å².